The number of sulfonamides is 2. The number of nitrogens with one attached hydrogen (secondary N) is 1. The van der Waals surface area contributed by atoms with Gasteiger partial charge in [0.1, 0.15) is 0 Å². The van der Waals surface area contributed by atoms with Crippen LogP contribution in [-0.4, -0.2) is 53.4 Å². The minimum absolute atomic E-state index is 0.0160. The number of ether oxygens (including phenoxy) is 1. The normalized spacial score (nSPS) is 16.0. The van der Waals surface area contributed by atoms with E-state index in [1.807, 2.05) is 4.72 Å². The van der Waals surface area contributed by atoms with Crippen molar-refractivity contribution >= 4 is 26.0 Å². The summed E-state index contributed by atoms with van der Waals surface area (Å²) in [4.78, 5) is 11.8. The molecule has 27 heavy (non-hydrogen) atoms. The number of rotatable bonds is 5. The van der Waals surface area contributed by atoms with E-state index in [2.05, 4.69) is 0 Å². The van der Waals surface area contributed by atoms with E-state index in [-0.39, 0.29) is 28.4 Å². The highest BCUT2D eigenvalue weighted by Gasteiger charge is 2.27. The van der Waals surface area contributed by atoms with Gasteiger partial charge in [0, 0.05) is 18.7 Å². The third-order valence-electron chi connectivity index (χ3n) is 4.00. The Bertz CT molecular complexity index is 1010. The SMILES string of the molecule is O=C(NS(=O)(=O)c1ccc(S(=O)(=O)N2CCOCC2)cc1)c1ccccc1. The second-order valence-electron chi connectivity index (χ2n) is 5.79. The molecule has 0 radical (unpaired) electrons. The van der Waals surface area contributed by atoms with Gasteiger partial charge in [-0.25, -0.2) is 21.6 Å². The van der Waals surface area contributed by atoms with Crippen LogP contribution in [0.2, 0.25) is 0 Å². The molecule has 2 aromatic carbocycles. The summed E-state index contributed by atoms with van der Waals surface area (Å²) >= 11 is 0. The van der Waals surface area contributed by atoms with Crippen LogP contribution in [0, 0.1) is 0 Å². The lowest BCUT2D eigenvalue weighted by atomic mass is 10.2. The van der Waals surface area contributed by atoms with E-state index in [9.17, 15) is 21.6 Å². The number of carbonyl (C=O) groups is 1. The maximum Gasteiger partial charge on any atom is 0.264 e. The Morgan fingerprint density at radius 1 is 0.852 bits per heavy atom. The molecule has 0 unspecified atom stereocenters. The largest absolute Gasteiger partial charge is 0.379 e. The highest BCUT2D eigenvalue weighted by atomic mass is 32.2. The summed E-state index contributed by atoms with van der Waals surface area (Å²) < 4.78 is 58.3. The summed E-state index contributed by atoms with van der Waals surface area (Å²) in [6.45, 7) is 1.12. The Labute approximate surface area is 157 Å². The molecule has 0 atom stereocenters. The zero-order valence-electron chi connectivity index (χ0n) is 14.2. The molecule has 144 valence electrons. The molecule has 1 N–H and O–H groups in total. The number of benzene rings is 2. The fraction of sp³-hybridized carbons (Fsp3) is 0.235. The highest BCUT2D eigenvalue weighted by Crippen LogP contribution is 2.19. The lowest BCUT2D eigenvalue weighted by Gasteiger charge is -2.26. The van der Waals surface area contributed by atoms with Gasteiger partial charge in [-0.1, -0.05) is 18.2 Å². The first-order chi connectivity index (χ1) is 12.8. The topological polar surface area (TPSA) is 110 Å². The summed E-state index contributed by atoms with van der Waals surface area (Å²) in [6, 6.07) is 12.7. The smallest absolute Gasteiger partial charge is 0.264 e. The van der Waals surface area contributed by atoms with Crippen LogP contribution in [0.1, 0.15) is 10.4 Å². The van der Waals surface area contributed by atoms with E-state index in [0.29, 0.717) is 13.2 Å². The molecule has 0 aromatic heterocycles. The van der Waals surface area contributed by atoms with Crippen molar-refractivity contribution in [2.75, 3.05) is 26.3 Å². The molecule has 10 heteroatoms. The second-order valence-corrected chi connectivity index (χ2v) is 9.41. The van der Waals surface area contributed by atoms with E-state index < -0.39 is 26.0 Å². The minimum atomic E-state index is -4.12. The van der Waals surface area contributed by atoms with E-state index in [4.69, 9.17) is 4.74 Å². The molecule has 1 saturated heterocycles. The molecular formula is C17H18N2O6S2. The predicted octanol–water partition coefficient (Wildman–Crippen LogP) is 0.826. The molecule has 1 fully saturated rings. The lowest BCUT2D eigenvalue weighted by Crippen LogP contribution is -2.40. The van der Waals surface area contributed by atoms with Crippen molar-refractivity contribution in [1.82, 2.24) is 9.03 Å². The highest BCUT2D eigenvalue weighted by molar-refractivity contribution is 7.90. The predicted molar refractivity (Wildman–Crippen MR) is 97.1 cm³/mol. The number of carbonyl (C=O) groups excluding carboxylic acids is 1. The van der Waals surface area contributed by atoms with Crippen molar-refractivity contribution in [2.24, 2.45) is 0 Å². The third kappa shape index (κ3) is 4.35. The van der Waals surface area contributed by atoms with Crippen molar-refractivity contribution in [2.45, 2.75) is 9.79 Å². The van der Waals surface area contributed by atoms with Crippen molar-refractivity contribution in [3.05, 3.63) is 60.2 Å². The van der Waals surface area contributed by atoms with Gasteiger partial charge in [0.2, 0.25) is 10.0 Å². The molecule has 0 aliphatic carbocycles. The molecule has 1 aliphatic rings. The monoisotopic (exact) mass is 410 g/mol. The maximum atomic E-state index is 12.6. The van der Waals surface area contributed by atoms with Gasteiger partial charge in [0.15, 0.2) is 0 Å². The molecule has 0 saturated carbocycles. The quantitative estimate of drug-likeness (QED) is 0.782. The van der Waals surface area contributed by atoms with Crippen molar-refractivity contribution < 1.29 is 26.4 Å². The molecule has 0 spiro atoms. The molecule has 1 amide bonds. The van der Waals surface area contributed by atoms with Crippen LogP contribution >= 0.6 is 0 Å². The zero-order chi connectivity index (χ0) is 19.5. The van der Waals surface area contributed by atoms with Crippen molar-refractivity contribution in [3.63, 3.8) is 0 Å². The number of nitrogens with zero attached hydrogens (tertiary/aromatic N) is 1. The van der Waals surface area contributed by atoms with Gasteiger partial charge in [0.05, 0.1) is 23.0 Å². The standard InChI is InChI=1S/C17H18N2O6S2/c20-17(14-4-2-1-3-5-14)18-26(21,22)15-6-8-16(9-7-15)27(23,24)19-10-12-25-13-11-19/h1-9H,10-13H2,(H,18,20). The van der Waals surface area contributed by atoms with Crippen LogP contribution in [0.3, 0.4) is 0 Å². The fourth-order valence-corrected chi connectivity index (χ4v) is 4.94. The van der Waals surface area contributed by atoms with E-state index in [0.717, 1.165) is 12.1 Å². The maximum absolute atomic E-state index is 12.6. The van der Waals surface area contributed by atoms with Crippen LogP contribution in [-0.2, 0) is 24.8 Å². The molecular weight excluding hydrogens is 392 g/mol. The number of amides is 1. The average molecular weight is 410 g/mol. The van der Waals surface area contributed by atoms with E-state index in [1.165, 1.54) is 28.6 Å². The molecule has 8 nitrogen and oxygen atoms in total. The van der Waals surface area contributed by atoms with Gasteiger partial charge >= 0.3 is 0 Å². The lowest BCUT2D eigenvalue weighted by molar-refractivity contribution is 0.0730. The summed E-state index contributed by atoms with van der Waals surface area (Å²) in [7, 11) is -7.84. The molecule has 3 rings (SSSR count). The van der Waals surface area contributed by atoms with Crippen LogP contribution in [0.25, 0.3) is 0 Å². The van der Waals surface area contributed by atoms with Crippen molar-refractivity contribution in [3.8, 4) is 0 Å². The van der Waals surface area contributed by atoms with Gasteiger partial charge in [-0.15, -0.1) is 0 Å². The van der Waals surface area contributed by atoms with Gasteiger partial charge < -0.3 is 4.74 Å². The van der Waals surface area contributed by atoms with E-state index >= 15 is 0 Å². The summed E-state index contributed by atoms with van der Waals surface area (Å²) in [5, 5.41) is 0. The van der Waals surface area contributed by atoms with Crippen LogP contribution < -0.4 is 4.72 Å². The van der Waals surface area contributed by atoms with Gasteiger partial charge in [-0.05, 0) is 36.4 Å². The van der Waals surface area contributed by atoms with Gasteiger partial charge in [-0.2, -0.15) is 4.31 Å². The first kappa shape index (κ1) is 19.5. The molecule has 0 bridgehead atoms. The summed E-state index contributed by atoms with van der Waals surface area (Å²) in [5.41, 5.74) is 0.201. The third-order valence-corrected chi connectivity index (χ3v) is 7.26. The first-order valence-corrected chi connectivity index (χ1v) is 11.0. The first-order valence-electron chi connectivity index (χ1n) is 8.11. The van der Waals surface area contributed by atoms with Crippen LogP contribution in [0.5, 0.6) is 0 Å². The number of hydrogen-bond acceptors (Lipinski definition) is 6. The Kier molecular flexibility index (Phi) is 5.61. The summed E-state index contributed by atoms with van der Waals surface area (Å²) in [5.74, 6) is -0.763. The van der Waals surface area contributed by atoms with E-state index in [1.54, 1.807) is 18.2 Å². The zero-order valence-corrected chi connectivity index (χ0v) is 15.9. The van der Waals surface area contributed by atoms with Gasteiger partial charge in [-0.3, -0.25) is 4.79 Å². The minimum Gasteiger partial charge on any atom is -0.379 e. The van der Waals surface area contributed by atoms with Gasteiger partial charge in [0.25, 0.3) is 15.9 Å². The Balaban J connectivity index is 1.79. The Hall–Kier alpha value is -2.27. The summed E-state index contributed by atoms with van der Waals surface area (Å²) in [6.07, 6.45) is 0. The average Bonchev–Trinajstić information content (AvgIpc) is 2.69. The van der Waals surface area contributed by atoms with Crippen molar-refractivity contribution in [1.29, 1.82) is 0 Å². The number of hydrogen-bond donors (Lipinski definition) is 1. The Morgan fingerprint density at radius 2 is 1.41 bits per heavy atom. The molecule has 2 aromatic rings. The molecule has 1 aliphatic heterocycles. The fourth-order valence-electron chi connectivity index (χ4n) is 2.56. The second kappa shape index (κ2) is 7.77. The number of morpholine rings is 1. The Morgan fingerprint density at radius 3 is 2.00 bits per heavy atom. The van der Waals surface area contributed by atoms with Crippen LogP contribution in [0.15, 0.2) is 64.4 Å². The molecule has 1 heterocycles. The van der Waals surface area contributed by atoms with Crippen LogP contribution in [0.4, 0.5) is 0 Å².